The molecule has 9 heteroatoms. The minimum absolute atomic E-state index is 0.126. The van der Waals surface area contributed by atoms with E-state index < -0.39 is 11.7 Å². The van der Waals surface area contributed by atoms with Gasteiger partial charge in [0.1, 0.15) is 10.7 Å². The molecule has 2 heterocycles. The molecule has 4 rings (SSSR count). The molecule has 0 unspecified atom stereocenters. The normalized spacial score (nSPS) is 18.1. The fourth-order valence-electron chi connectivity index (χ4n) is 4.06. The van der Waals surface area contributed by atoms with E-state index in [4.69, 9.17) is 0 Å². The van der Waals surface area contributed by atoms with Crippen LogP contribution < -0.4 is 0 Å². The van der Waals surface area contributed by atoms with Crippen LogP contribution in [-0.4, -0.2) is 52.8 Å². The van der Waals surface area contributed by atoms with Crippen molar-refractivity contribution in [2.75, 3.05) is 26.2 Å². The highest BCUT2D eigenvalue weighted by molar-refractivity contribution is 7.13. The van der Waals surface area contributed by atoms with E-state index in [2.05, 4.69) is 4.98 Å². The second-order valence-electron chi connectivity index (χ2n) is 7.72. The Morgan fingerprint density at radius 1 is 1.03 bits per heavy atom. The number of benzene rings is 1. The highest BCUT2D eigenvalue weighted by Crippen LogP contribution is 2.33. The van der Waals surface area contributed by atoms with E-state index in [1.807, 2.05) is 4.90 Å². The Bertz CT molecular complexity index is 930. The van der Waals surface area contributed by atoms with Crippen LogP contribution in [-0.2, 0) is 11.0 Å². The lowest BCUT2D eigenvalue weighted by Crippen LogP contribution is -2.51. The van der Waals surface area contributed by atoms with E-state index in [1.165, 1.54) is 6.07 Å². The molecule has 1 saturated carbocycles. The van der Waals surface area contributed by atoms with Gasteiger partial charge >= 0.3 is 6.18 Å². The Labute approximate surface area is 176 Å². The minimum atomic E-state index is -4.43. The summed E-state index contributed by atoms with van der Waals surface area (Å²) in [5.74, 6) is 0.0679. The molecule has 0 N–H and O–H groups in total. The maximum Gasteiger partial charge on any atom is 0.416 e. The first-order valence-electron chi connectivity index (χ1n) is 10.0. The largest absolute Gasteiger partial charge is 0.416 e. The van der Waals surface area contributed by atoms with Crippen LogP contribution in [0, 0.1) is 5.92 Å². The zero-order valence-corrected chi connectivity index (χ0v) is 17.1. The summed E-state index contributed by atoms with van der Waals surface area (Å²) < 4.78 is 38.8. The molecule has 2 aromatic rings. The van der Waals surface area contributed by atoms with Crippen molar-refractivity contribution >= 4 is 23.2 Å². The number of rotatable bonds is 3. The fraction of sp³-hybridized carbons (Fsp3) is 0.476. The summed E-state index contributed by atoms with van der Waals surface area (Å²) in [5.41, 5.74) is -0.185. The predicted molar refractivity (Wildman–Crippen MR) is 107 cm³/mol. The average Bonchev–Trinajstić information content (AvgIpc) is 3.45. The van der Waals surface area contributed by atoms with Crippen LogP contribution in [0.5, 0.6) is 0 Å². The maximum absolute atomic E-state index is 12.9. The Hall–Kier alpha value is -2.42. The first-order valence-corrected chi connectivity index (χ1v) is 10.9. The van der Waals surface area contributed by atoms with Crippen molar-refractivity contribution in [3.05, 3.63) is 40.9 Å². The number of carbonyl (C=O) groups is 2. The third-order valence-electron chi connectivity index (χ3n) is 5.74. The number of hydrogen-bond donors (Lipinski definition) is 0. The smallest absolute Gasteiger partial charge is 0.339 e. The molecule has 1 aliphatic carbocycles. The molecule has 5 nitrogen and oxygen atoms in total. The molecule has 0 spiro atoms. The maximum atomic E-state index is 12.9. The van der Waals surface area contributed by atoms with Gasteiger partial charge in [0, 0.05) is 43.0 Å². The summed E-state index contributed by atoms with van der Waals surface area (Å²) >= 11 is 1.15. The topological polar surface area (TPSA) is 53.5 Å². The number of carbonyl (C=O) groups excluding carboxylic acids is 2. The van der Waals surface area contributed by atoms with E-state index in [0.717, 1.165) is 49.2 Å². The van der Waals surface area contributed by atoms with Crippen molar-refractivity contribution in [1.82, 2.24) is 14.8 Å². The second-order valence-corrected chi connectivity index (χ2v) is 8.57. The van der Waals surface area contributed by atoms with E-state index in [9.17, 15) is 22.8 Å². The second kappa shape index (κ2) is 8.37. The van der Waals surface area contributed by atoms with Crippen LogP contribution >= 0.6 is 11.3 Å². The van der Waals surface area contributed by atoms with Crippen LogP contribution in [0.2, 0.25) is 0 Å². The fourth-order valence-corrected chi connectivity index (χ4v) is 4.85. The Balaban J connectivity index is 1.40. The highest BCUT2D eigenvalue weighted by atomic mass is 32.1. The summed E-state index contributed by atoms with van der Waals surface area (Å²) in [7, 11) is 0. The van der Waals surface area contributed by atoms with Crippen molar-refractivity contribution in [2.24, 2.45) is 5.92 Å². The van der Waals surface area contributed by atoms with Crippen LogP contribution in [0.15, 0.2) is 29.6 Å². The molecule has 1 aliphatic heterocycles. The van der Waals surface area contributed by atoms with Gasteiger partial charge in [-0.1, -0.05) is 25.0 Å². The van der Waals surface area contributed by atoms with Crippen molar-refractivity contribution in [2.45, 2.75) is 31.9 Å². The lowest BCUT2D eigenvalue weighted by atomic mass is 10.1. The molecule has 1 aromatic carbocycles. The molecular formula is C21H22F3N3O2S. The Morgan fingerprint density at radius 3 is 2.37 bits per heavy atom. The number of halogens is 3. The first-order chi connectivity index (χ1) is 14.3. The van der Waals surface area contributed by atoms with Crippen LogP contribution in [0.1, 0.15) is 41.7 Å². The van der Waals surface area contributed by atoms with Gasteiger partial charge in [-0.2, -0.15) is 13.2 Å². The Kier molecular flexibility index (Phi) is 5.81. The summed E-state index contributed by atoms with van der Waals surface area (Å²) in [6, 6.07) is 4.94. The van der Waals surface area contributed by atoms with Crippen molar-refractivity contribution in [1.29, 1.82) is 0 Å². The summed E-state index contributed by atoms with van der Waals surface area (Å²) in [5, 5.41) is 1.95. The molecule has 2 amide bonds. The van der Waals surface area contributed by atoms with Gasteiger partial charge < -0.3 is 9.80 Å². The highest BCUT2D eigenvalue weighted by Gasteiger charge is 2.32. The van der Waals surface area contributed by atoms with Gasteiger partial charge in [-0.05, 0) is 25.0 Å². The van der Waals surface area contributed by atoms with Gasteiger partial charge in [-0.15, -0.1) is 11.3 Å². The number of amides is 2. The number of hydrogen-bond acceptors (Lipinski definition) is 4. The molecule has 30 heavy (non-hydrogen) atoms. The lowest BCUT2D eigenvalue weighted by Gasteiger charge is -2.35. The zero-order valence-electron chi connectivity index (χ0n) is 16.3. The molecule has 1 saturated heterocycles. The summed E-state index contributed by atoms with van der Waals surface area (Å²) in [6.07, 6.45) is -0.314. The van der Waals surface area contributed by atoms with Crippen LogP contribution in [0.4, 0.5) is 13.2 Å². The predicted octanol–water partition coefficient (Wildman–Crippen LogP) is 4.30. The molecule has 1 aromatic heterocycles. The third-order valence-corrected chi connectivity index (χ3v) is 6.63. The standard InChI is InChI=1S/C21H22F3N3O2S/c22-21(23,24)16-7-3-6-15(12-16)18-25-17(13-30-18)20(29)27-10-8-26(9-11-27)19(28)14-4-1-2-5-14/h3,6-7,12-14H,1-2,4-5,8-11H2. The van der Waals surface area contributed by atoms with Crippen molar-refractivity contribution in [3.63, 3.8) is 0 Å². The summed E-state index contributed by atoms with van der Waals surface area (Å²) in [4.78, 5) is 33.1. The SMILES string of the molecule is O=C(c1csc(-c2cccc(C(F)(F)F)c2)n1)N1CCN(C(=O)C2CCCC2)CC1. The average molecular weight is 437 g/mol. The van der Waals surface area contributed by atoms with E-state index >= 15 is 0 Å². The molecule has 2 aliphatic rings. The summed E-state index contributed by atoms with van der Waals surface area (Å²) in [6.45, 7) is 1.89. The molecule has 2 fully saturated rings. The van der Waals surface area contributed by atoms with Gasteiger partial charge in [0.05, 0.1) is 5.56 Å². The van der Waals surface area contributed by atoms with Crippen molar-refractivity contribution in [3.8, 4) is 10.6 Å². The van der Waals surface area contributed by atoms with Gasteiger partial charge in [-0.3, -0.25) is 9.59 Å². The molecule has 160 valence electrons. The Morgan fingerprint density at radius 2 is 1.70 bits per heavy atom. The van der Waals surface area contributed by atoms with Gasteiger partial charge in [0.2, 0.25) is 5.91 Å². The number of piperazine rings is 1. The molecule has 0 bridgehead atoms. The van der Waals surface area contributed by atoms with Crippen LogP contribution in [0.25, 0.3) is 10.6 Å². The van der Waals surface area contributed by atoms with Gasteiger partial charge in [0.25, 0.3) is 5.91 Å². The third kappa shape index (κ3) is 4.35. The van der Waals surface area contributed by atoms with Gasteiger partial charge in [-0.25, -0.2) is 4.98 Å². The minimum Gasteiger partial charge on any atom is -0.339 e. The van der Waals surface area contributed by atoms with E-state index in [-0.39, 0.29) is 23.4 Å². The monoisotopic (exact) mass is 437 g/mol. The van der Waals surface area contributed by atoms with Gasteiger partial charge in [0.15, 0.2) is 0 Å². The molecule has 0 atom stereocenters. The molecule has 0 radical (unpaired) electrons. The van der Waals surface area contributed by atoms with Crippen molar-refractivity contribution < 1.29 is 22.8 Å². The van der Waals surface area contributed by atoms with E-state index in [0.29, 0.717) is 36.8 Å². The number of thiazole rings is 1. The zero-order chi connectivity index (χ0) is 21.3. The van der Waals surface area contributed by atoms with Crippen LogP contribution in [0.3, 0.4) is 0 Å². The quantitative estimate of drug-likeness (QED) is 0.719. The number of alkyl halides is 3. The molecular weight excluding hydrogens is 415 g/mol. The lowest BCUT2D eigenvalue weighted by molar-refractivity contribution is -0.138. The number of nitrogens with zero attached hydrogens (tertiary/aromatic N) is 3. The number of aromatic nitrogens is 1. The van der Waals surface area contributed by atoms with E-state index in [1.54, 1.807) is 16.3 Å². The first kappa shape index (κ1) is 20.8.